The van der Waals surface area contributed by atoms with Gasteiger partial charge >= 0.3 is 23.9 Å². The highest BCUT2D eigenvalue weighted by atomic mass is 16.5. The molecule has 0 aliphatic rings. The van der Waals surface area contributed by atoms with Crippen LogP contribution in [0.4, 0.5) is 0 Å². The van der Waals surface area contributed by atoms with Crippen LogP contribution in [0, 0.1) is 0 Å². The van der Waals surface area contributed by atoms with Crippen molar-refractivity contribution in [2.45, 2.75) is 271 Å². The summed E-state index contributed by atoms with van der Waals surface area (Å²) >= 11 is 0. The first-order valence-electron chi connectivity index (χ1n) is 27.8. The molecular formula is C55H106N2O8. The molecule has 0 saturated carbocycles. The van der Waals surface area contributed by atoms with Crippen LogP contribution in [0.3, 0.4) is 0 Å². The van der Waals surface area contributed by atoms with Crippen molar-refractivity contribution in [1.82, 2.24) is 9.80 Å². The van der Waals surface area contributed by atoms with E-state index < -0.39 is 0 Å². The Bertz CT molecular complexity index is 1030. The van der Waals surface area contributed by atoms with E-state index in [0.717, 1.165) is 38.5 Å². The van der Waals surface area contributed by atoms with E-state index in [4.69, 9.17) is 18.9 Å². The van der Waals surface area contributed by atoms with Gasteiger partial charge in [0.2, 0.25) is 0 Å². The average molecular weight is 923 g/mol. The summed E-state index contributed by atoms with van der Waals surface area (Å²) < 4.78 is 21.8. The van der Waals surface area contributed by atoms with Crippen molar-refractivity contribution < 1.29 is 38.1 Å². The van der Waals surface area contributed by atoms with Crippen molar-refractivity contribution in [3.8, 4) is 0 Å². The SMILES string of the molecule is CCCCCCCCCCCCCOC(=O)CCN(CCC(=O)OCCCCCCCCCCCCC)CC(C)N(CCC(=O)OC)CCC(=O)OCCCCCCCCCCCCC. The molecule has 0 saturated heterocycles. The van der Waals surface area contributed by atoms with Crippen LogP contribution in [-0.4, -0.2) is 99.4 Å². The minimum Gasteiger partial charge on any atom is -0.469 e. The Morgan fingerprint density at radius 2 is 0.600 bits per heavy atom. The van der Waals surface area contributed by atoms with E-state index in [1.807, 2.05) is 0 Å². The largest absolute Gasteiger partial charge is 0.469 e. The molecule has 1 atom stereocenters. The number of ether oxygens (including phenoxy) is 4. The summed E-state index contributed by atoms with van der Waals surface area (Å²) in [5.41, 5.74) is 0. The van der Waals surface area contributed by atoms with Gasteiger partial charge in [-0.1, -0.05) is 213 Å². The van der Waals surface area contributed by atoms with Gasteiger partial charge in [-0.15, -0.1) is 0 Å². The van der Waals surface area contributed by atoms with Crippen LogP contribution in [0.2, 0.25) is 0 Å². The Morgan fingerprint density at radius 3 is 0.877 bits per heavy atom. The molecule has 0 heterocycles. The third-order valence-electron chi connectivity index (χ3n) is 12.9. The molecule has 0 fully saturated rings. The fraction of sp³-hybridized carbons (Fsp3) is 0.927. The molecule has 0 aromatic rings. The number of unbranched alkanes of at least 4 members (excludes halogenated alkanes) is 30. The Balaban J connectivity index is 4.98. The molecule has 0 amide bonds. The molecule has 0 bridgehead atoms. The van der Waals surface area contributed by atoms with Gasteiger partial charge < -0.3 is 23.8 Å². The molecule has 10 nitrogen and oxygen atoms in total. The van der Waals surface area contributed by atoms with Gasteiger partial charge in [-0.25, -0.2) is 0 Å². The summed E-state index contributed by atoms with van der Waals surface area (Å²) in [7, 11) is 1.39. The number of nitrogens with zero attached hydrogens (tertiary/aromatic N) is 2. The molecular weight excluding hydrogens is 817 g/mol. The smallest absolute Gasteiger partial charge is 0.307 e. The second-order valence-corrected chi connectivity index (χ2v) is 19.0. The summed E-state index contributed by atoms with van der Waals surface area (Å²) in [6.45, 7) is 12.4. The number of carbonyl (C=O) groups is 4. The number of hydrogen-bond donors (Lipinski definition) is 0. The van der Waals surface area contributed by atoms with Gasteiger partial charge in [0, 0.05) is 38.8 Å². The molecule has 1 unspecified atom stereocenters. The summed E-state index contributed by atoms with van der Waals surface area (Å²) in [5, 5.41) is 0. The Kier molecular flexibility index (Phi) is 48.0. The lowest BCUT2D eigenvalue weighted by Gasteiger charge is -2.33. The minimum absolute atomic E-state index is 0.0705. The van der Waals surface area contributed by atoms with Crippen LogP contribution in [0.5, 0.6) is 0 Å². The molecule has 0 aromatic carbocycles. The Morgan fingerprint density at radius 1 is 0.354 bits per heavy atom. The lowest BCUT2D eigenvalue weighted by molar-refractivity contribution is -0.146. The molecule has 0 aliphatic carbocycles. The minimum atomic E-state index is -0.306. The van der Waals surface area contributed by atoms with Crippen molar-refractivity contribution in [2.75, 3.05) is 59.7 Å². The first kappa shape index (κ1) is 62.8. The summed E-state index contributed by atoms with van der Waals surface area (Å²) in [6.07, 6.45) is 41.9. The van der Waals surface area contributed by atoms with Gasteiger partial charge in [0.15, 0.2) is 0 Å². The number of rotatable bonds is 51. The van der Waals surface area contributed by atoms with Crippen LogP contribution >= 0.6 is 0 Å². The molecule has 0 rings (SSSR count). The molecule has 10 heteroatoms. The fourth-order valence-electron chi connectivity index (χ4n) is 8.48. The van der Waals surface area contributed by atoms with Gasteiger partial charge in [-0.3, -0.25) is 24.1 Å². The van der Waals surface area contributed by atoms with Crippen LogP contribution < -0.4 is 0 Å². The van der Waals surface area contributed by atoms with Gasteiger partial charge in [0.05, 0.1) is 52.6 Å². The van der Waals surface area contributed by atoms with Crippen LogP contribution in [0.25, 0.3) is 0 Å². The number of esters is 4. The second kappa shape index (κ2) is 49.7. The normalized spacial score (nSPS) is 11.9. The summed E-state index contributed by atoms with van der Waals surface area (Å²) in [6, 6.07) is -0.0705. The lowest BCUT2D eigenvalue weighted by Crippen LogP contribution is -2.45. The number of hydrogen-bond acceptors (Lipinski definition) is 10. The molecule has 384 valence electrons. The van der Waals surface area contributed by atoms with Crippen molar-refractivity contribution in [2.24, 2.45) is 0 Å². The predicted molar refractivity (Wildman–Crippen MR) is 270 cm³/mol. The third kappa shape index (κ3) is 45.4. The first-order chi connectivity index (χ1) is 31.8. The lowest BCUT2D eigenvalue weighted by atomic mass is 10.1. The van der Waals surface area contributed by atoms with E-state index in [1.54, 1.807) is 0 Å². The van der Waals surface area contributed by atoms with E-state index in [-0.39, 0.29) is 55.6 Å². The van der Waals surface area contributed by atoms with Crippen molar-refractivity contribution in [1.29, 1.82) is 0 Å². The van der Waals surface area contributed by atoms with Crippen molar-refractivity contribution >= 4 is 23.9 Å². The standard InChI is InChI=1S/C55H106N2O8/c1-6-9-12-15-18-21-24-27-30-33-36-47-63-53(59)39-43-56(44-40-54(60)64-48-37-34-31-28-25-22-19-16-13-10-7-2)50-51(4)57(45-41-52(58)62-5)46-42-55(61)65-49-38-35-32-29-26-23-20-17-14-11-8-3/h51H,6-50H2,1-5H3. The molecule has 0 N–H and O–H groups in total. The van der Waals surface area contributed by atoms with Crippen LogP contribution in [0.1, 0.15) is 265 Å². The summed E-state index contributed by atoms with van der Waals surface area (Å²) in [4.78, 5) is 55.0. The highest BCUT2D eigenvalue weighted by molar-refractivity contribution is 5.71. The van der Waals surface area contributed by atoms with E-state index in [2.05, 4.69) is 37.5 Å². The molecule has 0 radical (unpaired) electrons. The Hall–Kier alpha value is -2.20. The average Bonchev–Trinajstić information content (AvgIpc) is 3.30. The van der Waals surface area contributed by atoms with Gasteiger partial charge in [0.25, 0.3) is 0 Å². The highest BCUT2D eigenvalue weighted by Gasteiger charge is 2.22. The zero-order valence-electron chi connectivity index (χ0n) is 43.6. The molecule has 0 aromatic heterocycles. The maximum absolute atomic E-state index is 12.9. The number of carbonyl (C=O) groups excluding carboxylic acids is 4. The third-order valence-corrected chi connectivity index (χ3v) is 12.9. The maximum atomic E-state index is 12.9. The van der Waals surface area contributed by atoms with E-state index in [1.165, 1.54) is 180 Å². The monoisotopic (exact) mass is 923 g/mol. The number of methoxy groups -OCH3 is 1. The summed E-state index contributed by atoms with van der Waals surface area (Å²) in [5.74, 6) is -0.988. The molecule has 0 aliphatic heterocycles. The quantitative estimate of drug-likeness (QED) is 0.0332. The zero-order valence-corrected chi connectivity index (χ0v) is 43.6. The fourth-order valence-corrected chi connectivity index (χ4v) is 8.48. The van der Waals surface area contributed by atoms with E-state index >= 15 is 0 Å². The topological polar surface area (TPSA) is 112 Å². The Labute approximate surface area is 401 Å². The molecule has 0 spiro atoms. The zero-order chi connectivity index (χ0) is 47.7. The van der Waals surface area contributed by atoms with Crippen LogP contribution in [0.15, 0.2) is 0 Å². The van der Waals surface area contributed by atoms with Gasteiger partial charge in [-0.2, -0.15) is 0 Å². The first-order valence-corrected chi connectivity index (χ1v) is 27.8. The van der Waals surface area contributed by atoms with Gasteiger partial charge in [-0.05, 0) is 26.2 Å². The van der Waals surface area contributed by atoms with Crippen LogP contribution in [-0.2, 0) is 38.1 Å². The van der Waals surface area contributed by atoms with Crippen molar-refractivity contribution in [3.63, 3.8) is 0 Å². The molecule has 65 heavy (non-hydrogen) atoms. The van der Waals surface area contributed by atoms with Crippen molar-refractivity contribution in [3.05, 3.63) is 0 Å². The van der Waals surface area contributed by atoms with E-state index in [9.17, 15) is 19.2 Å². The second-order valence-electron chi connectivity index (χ2n) is 19.0. The van der Waals surface area contributed by atoms with E-state index in [0.29, 0.717) is 52.5 Å². The maximum Gasteiger partial charge on any atom is 0.307 e. The highest BCUT2D eigenvalue weighted by Crippen LogP contribution is 2.15. The van der Waals surface area contributed by atoms with Gasteiger partial charge in [0.1, 0.15) is 0 Å². The predicted octanol–water partition coefficient (Wildman–Crippen LogP) is 14.3.